The van der Waals surface area contributed by atoms with Crippen LogP contribution in [0.25, 0.3) is 0 Å². The number of nitrogens with one attached hydrogen (secondary N) is 2. The molecule has 1 aromatic rings. The van der Waals surface area contributed by atoms with Gasteiger partial charge in [0.05, 0.1) is 11.3 Å². The average molecular weight is 311 g/mol. The van der Waals surface area contributed by atoms with Gasteiger partial charge in [-0.2, -0.15) is 0 Å². The SMILES string of the molecule is CN1Cc2cccc(NC3(Cl)C=CNC(Cl)=N3)c2C1=O. The molecule has 0 aromatic heterocycles. The number of anilines is 1. The predicted molar refractivity (Wildman–Crippen MR) is 80.0 cm³/mol. The maximum Gasteiger partial charge on any atom is 0.256 e. The lowest BCUT2D eigenvalue weighted by molar-refractivity contribution is 0.0817. The van der Waals surface area contributed by atoms with E-state index in [1.54, 1.807) is 30.3 Å². The predicted octanol–water partition coefficient (Wildman–Crippen LogP) is 2.29. The van der Waals surface area contributed by atoms with Crippen LogP contribution in [0.1, 0.15) is 15.9 Å². The van der Waals surface area contributed by atoms with Crippen LogP contribution in [0.3, 0.4) is 0 Å². The summed E-state index contributed by atoms with van der Waals surface area (Å²) in [6.45, 7) is 0.598. The van der Waals surface area contributed by atoms with Gasteiger partial charge in [-0.1, -0.05) is 23.7 Å². The van der Waals surface area contributed by atoms with Gasteiger partial charge in [0.25, 0.3) is 5.91 Å². The molecule has 2 heterocycles. The van der Waals surface area contributed by atoms with E-state index in [2.05, 4.69) is 15.6 Å². The number of halogens is 2. The van der Waals surface area contributed by atoms with Gasteiger partial charge in [0.1, 0.15) is 0 Å². The smallest absolute Gasteiger partial charge is 0.256 e. The fraction of sp³-hybridized carbons (Fsp3) is 0.231. The maximum absolute atomic E-state index is 12.2. The molecule has 7 heteroatoms. The molecule has 0 spiro atoms. The molecule has 2 N–H and O–H groups in total. The number of fused-ring (bicyclic) bond motifs is 1. The summed E-state index contributed by atoms with van der Waals surface area (Å²) in [6.07, 6.45) is 3.23. The van der Waals surface area contributed by atoms with Crippen LogP contribution in [0.5, 0.6) is 0 Å². The van der Waals surface area contributed by atoms with Crippen LogP contribution in [0.15, 0.2) is 35.5 Å². The van der Waals surface area contributed by atoms with Gasteiger partial charge in [-0.3, -0.25) is 4.79 Å². The summed E-state index contributed by atoms with van der Waals surface area (Å²) in [5.41, 5.74) is 2.25. The number of alkyl halides is 1. The molecule has 5 nitrogen and oxygen atoms in total. The molecular formula is C13H12Cl2N4O. The number of hydrogen-bond donors (Lipinski definition) is 2. The molecule has 0 fully saturated rings. The van der Waals surface area contributed by atoms with E-state index in [1.165, 1.54) is 0 Å². The van der Waals surface area contributed by atoms with Crippen molar-refractivity contribution in [2.24, 2.45) is 4.99 Å². The Hall–Kier alpha value is -1.72. The Morgan fingerprint density at radius 2 is 2.30 bits per heavy atom. The molecule has 1 amide bonds. The first-order valence-corrected chi connectivity index (χ1v) is 6.78. The van der Waals surface area contributed by atoms with E-state index in [0.717, 1.165) is 5.56 Å². The van der Waals surface area contributed by atoms with Crippen molar-refractivity contribution in [1.29, 1.82) is 0 Å². The lowest BCUT2D eigenvalue weighted by Gasteiger charge is -2.25. The quantitative estimate of drug-likeness (QED) is 0.651. The number of aliphatic imine (C=N–C) groups is 1. The van der Waals surface area contributed by atoms with Crippen molar-refractivity contribution in [1.82, 2.24) is 10.2 Å². The Bertz CT molecular complexity index is 643. The van der Waals surface area contributed by atoms with E-state index >= 15 is 0 Å². The summed E-state index contributed by atoms with van der Waals surface area (Å²) < 4.78 is 0. The molecule has 1 aromatic carbocycles. The minimum Gasteiger partial charge on any atom is -0.345 e. The van der Waals surface area contributed by atoms with Crippen molar-refractivity contribution >= 4 is 40.1 Å². The van der Waals surface area contributed by atoms with Gasteiger partial charge in [-0.05, 0) is 29.3 Å². The number of amidine groups is 1. The van der Waals surface area contributed by atoms with Crippen molar-refractivity contribution < 1.29 is 4.79 Å². The molecule has 20 heavy (non-hydrogen) atoms. The van der Waals surface area contributed by atoms with Gasteiger partial charge in [0.2, 0.25) is 5.12 Å². The maximum atomic E-state index is 12.2. The topological polar surface area (TPSA) is 56.7 Å². The number of hydrogen-bond acceptors (Lipinski definition) is 4. The number of carbonyl (C=O) groups excluding carboxylic acids is 1. The average Bonchev–Trinajstić information content (AvgIpc) is 2.65. The molecule has 2 aliphatic heterocycles. The van der Waals surface area contributed by atoms with Crippen molar-refractivity contribution in [2.45, 2.75) is 11.7 Å². The number of nitrogens with zero attached hydrogens (tertiary/aromatic N) is 2. The Morgan fingerprint density at radius 3 is 3.05 bits per heavy atom. The first-order chi connectivity index (χ1) is 9.48. The van der Waals surface area contributed by atoms with Crippen LogP contribution >= 0.6 is 23.2 Å². The van der Waals surface area contributed by atoms with Crippen LogP contribution in [0.4, 0.5) is 5.69 Å². The molecule has 0 saturated carbocycles. The molecular weight excluding hydrogens is 299 g/mol. The van der Waals surface area contributed by atoms with Crippen molar-refractivity contribution in [3.8, 4) is 0 Å². The molecule has 2 aliphatic rings. The molecule has 104 valence electrons. The third-order valence-corrected chi connectivity index (χ3v) is 3.69. The lowest BCUT2D eigenvalue weighted by Crippen LogP contribution is -2.34. The molecule has 1 unspecified atom stereocenters. The highest BCUT2D eigenvalue weighted by molar-refractivity contribution is 6.65. The van der Waals surface area contributed by atoms with Gasteiger partial charge in [0, 0.05) is 19.8 Å². The van der Waals surface area contributed by atoms with E-state index in [1.807, 2.05) is 12.1 Å². The second-order valence-electron chi connectivity index (χ2n) is 4.68. The summed E-state index contributed by atoms with van der Waals surface area (Å²) in [5.74, 6) is -0.0312. The first-order valence-electron chi connectivity index (χ1n) is 6.02. The third-order valence-electron chi connectivity index (χ3n) is 3.20. The summed E-state index contributed by atoms with van der Waals surface area (Å²) in [5, 5.41) is 4.78. The number of carbonyl (C=O) groups is 1. The largest absolute Gasteiger partial charge is 0.345 e. The standard InChI is InChI=1S/C13H12Cl2N4O/c1-19-7-8-3-2-4-9(10(8)11(19)20)17-13(15)5-6-16-12(14)18-13/h2-6,17H,7H2,1H3,(H,16,18). The number of rotatable bonds is 2. The van der Waals surface area contributed by atoms with Crippen LogP contribution in [-0.2, 0) is 6.54 Å². The van der Waals surface area contributed by atoms with Gasteiger partial charge in [-0.15, -0.1) is 0 Å². The molecule has 0 aliphatic carbocycles. The Labute approximate surface area is 126 Å². The lowest BCUT2D eigenvalue weighted by atomic mass is 10.1. The Kier molecular flexibility index (Phi) is 3.11. The highest BCUT2D eigenvalue weighted by Crippen LogP contribution is 2.32. The Morgan fingerprint density at radius 1 is 1.50 bits per heavy atom. The van der Waals surface area contributed by atoms with Crippen molar-refractivity contribution in [3.05, 3.63) is 41.6 Å². The van der Waals surface area contributed by atoms with Gasteiger partial charge in [-0.25, -0.2) is 4.99 Å². The van der Waals surface area contributed by atoms with Gasteiger partial charge < -0.3 is 15.5 Å². The van der Waals surface area contributed by atoms with E-state index in [4.69, 9.17) is 23.2 Å². The highest BCUT2D eigenvalue weighted by atomic mass is 35.5. The van der Waals surface area contributed by atoms with Crippen molar-refractivity contribution in [3.63, 3.8) is 0 Å². The second kappa shape index (κ2) is 4.68. The van der Waals surface area contributed by atoms with Crippen LogP contribution < -0.4 is 10.6 Å². The second-order valence-corrected chi connectivity index (χ2v) is 5.61. The molecule has 0 bridgehead atoms. The monoisotopic (exact) mass is 310 g/mol. The first kappa shape index (κ1) is 13.3. The zero-order valence-corrected chi connectivity index (χ0v) is 12.2. The van der Waals surface area contributed by atoms with Gasteiger partial charge >= 0.3 is 0 Å². The summed E-state index contributed by atoms with van der Waals surface area (Å²) in [7, 11) is 1.77. The highest BCUT2D eigenvalue weighted by Gasteiger charge is 2.32. The van der Waals surface area contributed by atoms with E-state index in [0.29, 0.717) is 17.8 Å². The molecule has 3 rings (SSSR count). The third kappa shape index (κ3) is 2.23. The molecule has 1 atom stereocenters. The minimum atomic E-state index is -1.20. The minimum absolute atomic E-state index is 0.0312. The molecule has 0 radical (unpaired) electrons. The number of amides is 1. The van der Waals surface area contributed by atoms with E-state index in [9.17, 15) is 4.79 Å². The van der Waals surface area contributed by atoms with Crippen molar-refractivity contribution in [2.75, 3.05) is 12.4 Å². The summed E-state index contributed by atoms with van der Waals surface area (Å²) in [6, 6.07) is 5.61. The normalized spacial score (nSPS) is 24.2. The van der Waals surface area contributed by atoms with Crippen LogP contribution in [-0.4, -0.2) is 28.3 Å². The van der Waals surface area contributed by atoms with Crippen LogP contribution in [0, 0.1) is 0 Å². The fourth-order valence-corrected chi connectivity index (χ4v) is 2.79. The number of benzene rings is 1. The molecule has 0 saturated heterocycles. The fourth-order valence-electron chi connectivity index (χ4n) is 2.30. The zero-order chi connectivity index (χ0) is 14.3. The van der Waals surface area contributed by atoms with Gasteiger partial charge in [0.15, 0.2) is 5.29 Å². The van der Waals surface area contributed by atoms with Crippen LogP contribution in [0.2, 0.25) is 0 Å². The van der Waals surface area contributed by atoms with E-state index < -0.39 is 5.12 Å². The summed E-state index contributed by atoms with van der Waals surface area (Å²) in [4.78, 5) is 17.9. The summed E-state index contributed by atoms with van der Waals surface area (Å²) >= 11 is 12.2. The Balaban J connectivity index is 1.98. The zero-order valence-electron chi connectivity index (χ0n) is 10.7. The van der Waals surface area contributed by atoms with E-state index in [-0.39, 0.29) is 11.2 Å².